The highest BCUT2D eigenvalue weighted by atomic mass is 31.2. The summed E-state index contributed by atoms with van der Waals surface area (Å²) in [5.41, 5.74) is -0.489. The summed E-state index contributed by atoms with van der Waals surface area (Å²) in [6.07, 6.45) is -7.42. The van der Waals surface area contributed by atoms with Gasteiger partial charge < -0.3 is 34.9 Å². The van der Waals surface area contributed by atoms with Gasteiger partial charge in [-0.1, -0.05) is 0 Å². The number of aliphatic hydroxyl groups is 4. The molecule has 1 heterocycles. The van der Waals surface area contributed by atoms with Gasteiger partial charge in [0.05, 0.1) is 11.5 Å². The van der Waals surface area contributed by atoms with E-state index in [0.29, 0.717) is 0 Å². The van der Waals surface area contributed by atoms with Gasteiger partial charge in [0.25, 0.3) is 5.69 Å². The minimum atomic E-state index is -4.92. The molecule has 13 heteroatoms. The Kier molecular flexibility index (Phi) is 5.59. The van der Waals surface area contributed by atoms with E-state index >= 15 is 0 Å². The van der Waals surface area contributed by atoms with Crippen molar-refractivity contribution < 1.29 is 49.0 Å². The molecule has 1 aromatic rings. The Morgan fingerprint density at radius 1 is 1.20 bits per heavy atom. The van der Waals surface area contributed by atoms with Gasteiger partial charge in [-0.3, -0.25) is 14.6 Å². The van der Waals surface area contributed by atoms with E-state index in [-0.39, 0.29) is 11.3 Å². The number of nitrogens with zero attached hydrogens (tertiary/aromatic N) is 1. The first-order valence-electron chi connectivity index (χ1n) is 6.85. The SMILES string of the molecule is O=[N+]([O-])c1ccc([C@@]2(O)O[C@H](COP(=O)(O)O)[C@@H](O)[C@H](O)[C@H]2O)cc1. The summed E-state index contributed by atoms with van der Waals surface area (Å²) >= 11 is 0. The van der Waals surface area contributed by atoms with Crippen molar-refractivity contribution in [3.63, 3.8) is 0 Å². The van der Waals surface area contributed by atoms with Crippen LogP contribution in [0.2, 0.25) is 0 Å². The van der Waals surface area contributed by atoms with Gasteiger partial charge in [-0.15, -0.1) is 0 Å². The molecule has 1 aromatic carbocycles. The number of rotatable bonds is 5. The topological polar surface area (TPSA) is 200 Å². The third kappa shape index (κ3) is 4.20. The molecule has 0 bridgehead atoms. The molecule has 6 N–H and O–H groups in total. The minimum absolute atomic E-state index is 0.183. The molecule has 1 aliphatic heterocycles. The van der Waals surface area contributed by atoms with Crippen molar-refractivity contribution >= 4 is 13.5 Å². The molecule has 0 aliphatic carbocycles. The second-order valence-corrected chi connectivity index (χ2v) is 6.61. The van der Waals surface area contributed by atoms with E-state index in [0.717, 1.165) is 24.3 Å². The lowest BCUT2D eigenvalue weighted by atomic mass is 9.88. The van der Waals surface area contributed by atoms with Gasteiger partial charge in [-0.25, -0.2) is 4.57 Å². The first-order valence-corrected chi connectivity index (χ1v) is 8.38. The van der Waals surface area contributed by atoms with Crippen LogP contribution in [0.5, 0.6) is 0 Å². The minimum Gasteiger partial charge on any atom is -0.387 e. The summed E-state index contributed by atoms with van der Waals surface area (Å²) in [6, 6.07) is 4.16. The summed E-state index contributed by atoms with van der Waals surface area (Å²) in [4.78, 5) is 27.4. The van der Waals surface area contributed by atoms with E-state index in [1.165, 1.54) is 0 Å². The van der Waals surface area contributed by atoms with Gasteiger partial charge in [0, 0.05) is 17.7 Å². The van der Waals surface area contributed by atoms with Gasteiger partial charge in [0.15, 0.2) is 0 Å². The number of phosphoric acid groups is 1. The lowest BCUT2D eigenvalue weighted by Crippen LogP contribution is -2.63. The van der Waals surface area contributed by atoms with Crippen molar-refractivity contribution in [3.05, 3.63) is 39.9 Å². The van der Waals surface area contributed by atoms with E-state index in [1.54, 1.807) is 0 Å². The Labute approximate surface area is 140 Å². The molecule has 0 amide bonds. The van der Waals surface area contributed by atoms with Crippen LogP contribution in [0.25, 0.3) is 0 Å². The third-order valence-corrected chi connectivity index (χ3v) is 4.17. The predicted octanol–water partition coefficient (Wildman–Crippen LogP) is -1.67. The zero-order chi connectivity index (χ0) is 19.0. The molecule has 1 aliphatic rings. The highest BCUT2D eigenvalue weighted by Crippen LogP contribution is 2.40. The summed E-state index contributed by atoms with van der Waals surface area (Å²) in [6.45, 7) is -0.898. The molecular formula is C12H16NO11P. The molecule has 5 atom stereocenters. The quantitative estimate of drug-likeness (QED) is 0.193. The van der Waals surface area contributed by atoms with E-state index < -0.39 is 49.6 Å². The molecule has 25 heavy (non-hydrogen) atoms. The van der Waals surface area contributed by atoms with Gasteiger partial charge in [-0.05, 0) is 12.1 Å². The second kappa shape index (κ2) is 7.03. The zero-order valence-corrected chi connectivity index (χ0v) is 13.3. The number of hydrogen-bond donors (Lipinski definition) is 6. The smallest absolute Gasteiger partial charge is 0.387 e. The van der Waals surface area contributed by atoms with Crippen LogP contribution < -0.4 is 0 Å². The van der Waals surface area contributed by atoms with Crippen LogP contribution in [0.4, 0.5) is 5.69 Å². The normalized spacial score (nSPS) is 33.2. The van der Waals surface area contributed by atoms with Crippen LogP contribution in [0.1, 0.15) is 5.56 Å². The number of hydrogen-bond acceptors (Lipinski definition) is 9. The number of nitro benzene ring substituents is 1. The first-order chi connectivity index (χ1) is 11.5. The second-order valence-electron chi connectivity index (χ2n) is 5.37. The van der Waals surface area contributed by atoms with Crippen LogP contribution >= 0.6 is 7.82 Å². The Morgan fingerprint density at radius 2 is 1.76 bits per heavy atom. The van der Waals surface area contributed by atoms with Gasteiger partial charge >= 0.3 is 7.82 Å². The largest absolute Gasteiger partial charge is 0.469 e. The summed E-state index contributed by atoms with van der Waals surface area (Å²) < 4.78 is 20.1. The lowest BCUT2D eigenvalue weighted by molar-refractivity contribution is -0.385. The van der Waals surface area contributed by atoms with Crippen molar-refractivity contribution in [1.29, 1.82) is 0 Å². The fraction of sp³-hybridized carbons (Fsp3) is 0.500. The monoisotopic (exact) mass is 381 g/mol. The summed E-state index contributed by atoms with van der Waals surface area (Å²) in [5.74, 6) is -2.60. The van der Waals surface area contributed by atoms with Crippen LogP contribution in [0, 0.1) is 10.1 Å². The molecule has 0 unspecified atom stereocenters. The van der Waals surface area contributed by atoms with Crippen LogP contribution in [0.3, 0.4) is 0 Å². The third-order valence-electron chi connectivity index (χ3n) is 3.68. The Hall–Kier alpha value is -1.47. The molecule has 1 fully saturated rings. The van der Waals surface area contributed by atoms with Gasteiger partial charge in [0.1, 0.15) is 24.4 Å². The van der Waals surface area contributed by atoms with Crippen molar-refractivity contribution in [3.8, 4) is 0 Å². The fourth-order valence-corrected chi connectivity index (χ4v) is 2.71. The maximum atomic E-state index is 10.8. The molecule has 0 aromatic heterocycles. The maximum Gasteiger partial charge on any atom is 0.469 e. The number of ether oxygens (including phenoxy) is 1. The van der Waals surface area contributed by atoms with Crippen molar-refractivity contribution in [1.82, 2.24) is 0 Å². The van der Waals surface area contributed by atoms with Crippen molar-refractivity contribution in [2.24, 2.45) is 0 Å². The number of non-ortho nitro benzene ring substituents is 1. The predicted molar refractivity (Wildman–Crippen MR) is 77.9 cm³/mol. The van der Waals surface area contributed by atoms with E-state index in [4.69, 9.17) is 14.5 Å². The van der Waals surface area contributed by atoms with Gasteiger partial charge in [0.2, 0.25) is 5.79 Å². The van der Waals surface area contributed by atoms with Crippen LogP contribution in [0.15, 0.2) is 24.3 Å². The van der Waals surface area contributed by atoms with Crippen LogP contribution in [-0.4, -0.2) is 66.2 Å². The highest BCUT2D eigenvalue weighted by Gasteiger charge is 2.54. The molecule has 0 saturated carbocycles. The molecule has 1 saturated heterocycles. The van der Waals surface area contributed by atoms with E-state index in [2.05, 4.69) is 4.52 Å². The standard InChI is InChI=1S/C12H16NO11P/c14-9-8(5-23-25(20,21)22)24-12(17,11(16)10(9)15)6-1-3-7(4-2-6)13(18)19/h1-4,8-11,14-17H,5H2,(H2,20,21,22)/t8-,9-,10+,11-,12-/m1/s1. The van der Waals surface area contributed by atoms with Crippen molar-refractivity contribution in [2.75, 3.05) is 6.61 Å². The van der Waals surface area contributed by atoms with Crippen LogP contribution in [-0.2, 0) is 19.6 Å². The Balaban J connectivity index is 2.30. The highest BCUT2D eigenvalue weighted by molar-refractivity contribution is 7.46. The van der Waals surface area contributed by atoms with Crippen molar-refractivity contribution in [2.45, 2.75) is 30.2 Å². The van der Waals surface area contributed by atoms with E-state index in [1.807, 2.05) is 0 Å². The average molecular weight is 381 g/mol. The molecular weight excluding hydrogens is 365 g/mol. The molecule has 12 nitrogen and oxygen atoms in total. The molecule has 140 valence electrons. The number of phosphoric ester groups is 1. The number of nitro groups is 1. The molecule has 2 rings (SSSR count). The number of aliphatic hydroxyl groups excluding tert-OH is 3. The summed E-state index contributed by atoms with van der Waals surface area (Å²) in [5, 5.41) is 51.0. The average Bonchev–Trinajstić information content (AvgIpc) is 2.54. The Bertz CT molecular complexity index is 676. The Morgan fingerprint density at radius 3 is 2.24 bits per heavy atom. The first kappa shape index (κ1) is 19.8. The fourth-order valence-electron chi connectivity index (χ4n) is 2.37. The lowest BCUT2D eigenvalue weighted by Gasteiger charge is -2.45. The molecule has 0 radical (unpaired) electrons. The number of benzene rings is 1. The van der Waals surface area contributed by atoms with E-state index in [9.17, 15) is 35.1 Å². The zero-order valence-electron chi connectivity index (χ0n) is 12.4. The molecule has 0 spiro atoms. The maximum absolute atomic E-state index is 10.8. The van der Waals surface area contributed by atoms with Gasteiger partial charge in [-0.2, -0.15) is 0 Å². The summed E-state index contributed by atoms with van der Waals surface area (Å²) in [7, 11) is -4.92.